The lowest BCUT2D eigenvalue weighted by molar-refractivity contribution is 0.0698. The fraction of sp³-hybridized carbons (Fsp3) is 0.304. The first-order valence-corrected chi connectivity index (χ1v) is 11.9. The van der Waals surface area contributed by atoms with Crippen LogP contribution in [0.4, 0.5) is 0 Å². The highest BCUT2D eigenvalue weighted by Gasteiger charge is 2.29. The summed E-state index contributed by atoms with van der Waals surface area (Å²) in [4.78, 5) is 14.6. The Kier molecular flexibility index (Phi) is 5.93. The minimum absolute atomic E-state index is 0.0183. The highest BCUT2D eigenvalue weighted by atomic mass is 32.2. The SMILES string of the molecule is Cc1cc(C)n(-c2ccc(C(=O)N3CCN(S(=O)(=O)Cc4ccccc4)CC3)cc2)n1. The van der Waals surface area contributed by atoms with Crippen molar-refractivity contribution in [1.29, 1.82) is 0 Å². The van der Waals surface area contributed by atoms with Gasteiger partial charge >= 0.3 is 0 Å². The maximum Gasteiger partial charge on any atom is 0.253 e. The van der Waals surface area contributed by atoms with E-state index in [1.54, 1.807) is 17.0 Å². The van der Waals surface area contributed by atoms with Gasteiger partial charge in [-0.3, -0.25) is 4.79 Å². The summed E-state index contributed by atoms with van der Waals surface area (Å²) < 4.78 is 28.8. The Morgan fingerprint density at radius 2 is 1.58 bits per heavy atom. The number of sulfonamides is 1. The number of carbonyl (C=O) groups excluding carboxylic acids is 1. The lowest BCUT2D eigenvalue weighted by atomic mass is 10.1. The molecule has 4 rings (SSSR count). The number of nitrogens with zero attached hydrogens (tertiary/aromatic N) is 4. The highest BCUT2D eigenvalue weighted by Crippen LogP contribution is 2.17. The first kappa shape index (κ1) is 21.3. The van der Waals surface area contributed by atoms with Crippen LogP contribution in [0.15, 0.2) is 60.7 Å². The molecule has 0 saturated carbocycles. The highest BCUT2D eigenvalue weighted by molar-refractivity contribution is 7.88. The van der Waals surface area contributed by atoms with Crippen molar-refractivity contribution in [2.45, 2.75) is 19.6 Å². The average molecular weight is 439 g/mol. The van der Waals surface area contributed by atoms with Gasteiger partial charge in [-0.1, -0.05) is 30.3 Å². The summed E-state index contributed by atoms with van der Waals surface area (Å²) >= 11 is 0. The summed E-state index contributed by atoms with van der Waals surface area (Å²) in [6.45, 7) is 5.32. The Balaban J connectivity index is 1.38. The van der Waals surface area contributed by atoms with Crippen molar-refractivity contribution >= 4 is 15.9 Å². The molecule has 1 amide bonds. The van der Waals surface area contributed by atoms with Crippen LogP contribution in [-0.2, 0) is 15.8 Å². The molecule has 8 heteroatoms. The Bertz CT molecular complexity index is 1160. The van der Waals surface area contributed by atoms with Crippen molar-refractivity contribution in [2.24, 2.45) is 0 Å². The number of carbonyl (C=O) groups is 1. The predicted octanol–water partition coefficient (Wildman–Crippen LogP) is 2.78. The molecular formula is C23H26N4O3S. The van der Waals surface area contributed by atoms with Crippen LogP contribution in [0.3, 0.4) is 0 Å². The van der Waals surface area contributed by atoms with Gasteiger partial charge < -0.3 is 4.90 Å². The monoisotopic (exact) mass is 438 g/mol. The van der Waals surface area contributed by atoms with Gasteiger partial charge in [-0.25, -0.2) is 13.1 Å². The summed E-state index contributed by atoms with van der Waals surface area (Å²) in [7, 11) is -3.40. The predicted molar refractivity (Wildman–Crippen MR) is 120 cm³/mol. The van der Waals surface area contributed by atoms with Gasteiger partial charge in [-0.15, -0.1) is 0 Å². The zero-order valence-corrected chi connectivity index (χ0v) is 18.5. The number of benzene rings is 2. The van der Waals surface area contributed by atoms with Crippen LogP contribution in [0.1, 0.15) is 27.3 Å². The van der Waals surface area contributed by atoms with Crippen molar-refractivity contribution in [2.75, 3.05) is 26.2 Å². The van der Waals surface area contributed by atoms with E-state index in [0.29, 0.717) is 31.7 Å². The topological polar surface area (TPSA) is 75.5 Å². The number of rotatable bonds is 5. The summed E-state index contributed by atoms with van der Waals surface area (Å²) in [5.74, 6) is -0.102. The van der Waals surface area contributed by atoms with E-state index in [1.807, 2.05) is 67.1 Å². The molecule has 7 nitrogen and oxygen atoms in total. The Morgan fingerprint density at radius 1 is 0.935 bits per heavy atom. The van der Waals surface area contributed by atoms with E-state index in [4.69, 9.17) is 0 Å². The minimum atomic E-state index is -3.40. The normalized spacial score (nSPS) is 15.2. The molecule has 0 unspecified atom stereocenters. The lowest BCUT2D eigenvalue weighted by Gasteiger charge is -2.34. The molecule has 0 radical (unpaired) electrons. The second kappa shape index (κ2) is 8.64. The summed E-state index contributed by atoms with van der Waals surface area (Å²) in [5, 5.41) is 4.46. The summed E-state index contributed by atoms with van der Waals surface area (Å²) in [6.07, 6.45) is 0. The maximum absolute atomic E-state index is 12.9. The van der Waals surface area contributed by atoms with Gasteiger partial charge in [0.25, 0.3) is 5.91 Å². The molecule has 0 aliphatic carbocycles. The zero-order chi connectivity index (χ0) is 22.0. The molecule has 0 bridgehead atoms. The fourth-order valence-electron chi connectivity index (χ4n) is 3.86. The molecule has 0 spiro atoms. The van der Waals surface area contributed by atoms with Gasteiger partial charge in [0.2, 0.25) is 10.0 Å². The number of hydrogen-bond donors (Lipinski definition) is 0. The number of hydrogen-bond acceptors (Lipinski definition) is 4. The van der Waals surface area contributed by atoms with Crippen LogP contribution in [0, 0.1) is 13.8 Å². The third kappa shape index (κ3) is 4.70. The minimum Gasteiger partial charge on any atom is -0.336 e. The van der Waals surface area contributed by atoms with Crippen LogP contribution >= 0.6 is 0 Å². The van der Waals surface area contributed by atoms with E-state index in [0.717, 1.165) is 22.6 Å². The van der Waals surface area contributed by atoms with Crippen LogP contribution in [0.2, 0.25) is 0 Å². The van der Waals surface area contributed by atoms with Crippen molar-refractivity contribution < 1.29 is 13.2 Å². The van der Waals surface area contributed by atoms with E-state index in [1.165, 1.54) is 4.31 Å². The molecule has 2 aromatic carbocycles. The lowest BCUT2D eigenvalue weighted by Crippen LogP contribution is -2.50. The quantitative estimate of drug-likeness (QED) is 0.614. The molecule has 0 atom stereocenters. The zero-order valence-electron chi connectivity index (χ0n) is 17.7. The molecular weight excluding hydrogens is 412 g/mol. The Labute approximate surface area is 183 Å². The third-order valence-electron chi connectivity index (χ3n) is 5.48. The van der Waals surface area contributed by atoms with Gasteiger partial charge in [-0.2, -0.15) is 9.40 Å². The van der Waals surface area contributed by atoms with Crippen LogP contribution < -0.4 is 0 Å². The average Bonchev–Trinajstić information content (AvgIpc) is 3.12. The van der Waals surface area contributed by atoms with Gasteiger partial charge in [0, 0.05) is 37.4 Å². The van der Waals surface area contributed by atoms with Crippen molar-refractivity contribution in [3.63, 3.8) is 0 Å². The molecule has 1 aliphatic rings. The van der Waals surface area contributed by atoms with Crippen molar-refractivity contribution in [3.05, 3.63) is 83.2 Å². The summed E-state index contributed by atoms with van der Waals surface area (Å²) in [5.41, 5.74) is 4.23. The molecule has 0 N–H and O–H groups in total. The molecule has 162 valence electrons. The van der Waals surface area contributed by atoms with Gasteiger partial charge in [0.15, 0.2) is 0 Å². The molecule has 2 heterocycles. The smallest absolute Gasteiger partial charge is 0.253 e. The second-order valence-electron chi connectivity index (χ2n) is 7.82. The van der Waals surface area contributed by atoms with Gasteiger partial charge in [-0.05, 0) is 49.7 Å². The van der Waals surface area contributed by atoms with Crippen LogP contribution in [0.25, 0.3) is 5.69 Å². The number of aromatic nitrogens is 2. The first-order valence-electron chi connectivity index (χ1n) is 10.3. The first-order chi connectivity index (χ1) is 14.8. The third-order valence-corrected chi connectivity index (χ3v) is 7.33. The molecule has 1 saturated heterocycles. The fourth-order valence-corrected chi connectivity index (χ4v) is 5.38. The molecule has 31 heavy (non-hydrogen) atoms. The van der Waals surface area contributed by atoms with E-state index < -0.39 is 10.0 Å². The van der Waals surface area contributed by atoms with E-state index in [9.17, 15) is 13.2 Å². The standard InChI is InChI=1S/C23H26N4O3S/c1-18-16-19(2)27(24-18)22-10-8-21(9-11-22)23(28)25-12-14-26(15-13-25)31(29,30)17-20-6-4-3-5-7-20/h3-11,16H,12-15,17H2,1-2H3. The van der Waals surface area contributed by atoms with Crippen LogP contribution in [0.5, 0.6) is 0 Å². The van der Waals surface area contributed by atoms with Gasteiger partial charge in [0.05, 0.1) is 17.1 Å². The molecule has 1 fully saturated rings. The molecule has 1 aromatic heterocycles. The van der Waals surface area contributed by atoms with Crippen molar-refractivity contribution in [3.8, 4) is 5.69 Å². The maximum atomic E-state index is 12.9. The van der Waals surface area contributed by atoms with Crippen LogP contribution in [-0.4, -0.2) is 59.5 Å². The Morgan fingerprint density at radius 3 is 2.16 bits per heavy atom. The Hall–Kier alpha value is -2.97. The molecule has 1 aliphatic heterocycles. The molecule has 3 aromatic rings. The van der Waals surface area contributed by atoms with E-state index in [2.05, 4.69) is 5.10 Å². The van der Waals surface area contributed by atoms with E-state index in [-0.39, 0.29) is 11.7 Å². The number of amides is 1. The largest absolute Gasteiger partial charge is 0.336 e. The van der Waals surface area contributed by atoms with Gasteiger partial charge in [0.1, 0.15) is 0 Å². The number of aryl methyl sites for hydroxylation is 2. The van der Waals surface area contributed by atoms with Crippen molar-refractivity contribution in [1.82, 2.24) is 19.0 Å². The summed E-state index contributed by atoms with van der Waals surface area (Å²) in [6, 6.07) is 18.5. The van der Waals surface area contributed by atoms with E-state index >= 15 is 0 Å². The number of piperazine rings is 1. The second-order valence-corrected chi connectivity index (χ2v) is 9.79.